The third-order valence-electron chi connectivity index (χ3n) is 3.85. The van der Waals surface area contributed by atoms with E-state index >= 15 is 0 Å². The van der Waals surface area contributed by atoms with Gasteiger partial charge in [0.25, 0.3) is 10.0 Å². The fraction of sp³-hybridized carbons (Fsp3) is 0.667. The molecular formula is C12H18N2O5S2. The molecule has 7 nitrogen and oxygen atoms in total. The molecule has 9 heteroatoms. The minimum atomic E-state index is -3.96. The lowest BCUT2D eigenvalue weighted by molar-refractivity contribution is -0.143. The van der Waals surface area contributed by atoms with Crippen molar-refractivity contribution in [3.8, 4) is 0 Å². The number of aromatic amines is 1. The number of rotatable bonds is 4. The number of aliphatic carboxylic acids is 1. The summed E-state index contributed by atoms with van der Waals surface area (Å²) in [6.45, 7) is 3.64. The average Bonchev–Trinajstić information content (AvgIpc) is 2.77. The van der Waals surface area contributed by atoms with Crippen LogP contribution in [0.5, 0.6) is 0 Å². The molecule has 0 saturated carbocycles. The van der Waals surface area contributed by atoms with Crippen molar-refractivity contribution < 1.29 is 18.3 Å². The lowest BCUT2D eigenvalue weighted by Gasteiger charge is -2.35. The molecule has 2 atom stereocenters. The van der Waals surface area contributed by atoms with Gasteiger partial charge in [0.2, 0.25) is 0 Å². The molecule has 21 heavy (non-hydrogen) atoms. The first-order valence-corrected chi connectivity index (χ1v) is 8.97. The summed E-state index contributed by atoms with van der Waals surface area (Å²) < 4.78 is 26.2. The van der Waals surface area contributed by atoms with E-state index in [9.17, 15) is 23.1 Å². The van der Waals surface area contributed by atoms with Crippen molar-refractivity contribution in [3.63, 3.8) is 0 Å². The van der Waals surface area contributed by atoms with Crippen LogP contribution in [0.25, 0.3) is 0 Å². The Morgan fingerprint density at radius 2 is 2.19 bits per heavy atom. The van der Waals surface area contributed by atoms with Crippen molar-refractivity contribution in [3.05, 3.63) is 15.4 Å². The van der Waals surface area contributed by atoms with Crippen LogP contribution in [0.2, 0.25) is 0 Å². The molecule has 0 bridgehead atoms. The predicted octanol–water partition coefficient (Wildman–Crippen LogP) is 1.01. The highest BCUT2D eigenvalue weighted by Crippen LogP contribution is 2.31. The Hall–Kier alpha value is -1.19. The summed E-state index contributed by atoms with van der Waals surface area (Å²) in [4.78, 5) is 24.7. The number of H-pyrrole nitrogens is 1. The van der Waals surface area contributed by atoms with Crippen LogP contribution < -0.4 is 4.87 Å². The molecule has 1 aliphatic rings. The number of carboxylic acid groups (broad SMARTS) is 1. The Labute approximate surface area is 126 Å². The van der Waals surface area contributed by atoms with Crippen LogP contribution in [-0.4, -0.2) is 41.4 Å². The number of sulfonamides is 1. The highest BCUT2D eigenvalue weighted by atomic mass is 32.2. The highest BCUT2D eigenvalue weighted by Gasteiger charge is 2.41. The Balaban J connectivity index is 2.40. The number of hydrogen-bond acceptors (Lipinski definition) is 5. The first-order chi connectivity index (χ1) is 9.77. The third-order valence-corrected chi connectivity index (χ3v) is 7.34. The molecule has 2 heterocycles. The van der Waals surface area contributed by atoms with Crippen molar-refractivity contribution in [2.75, 3.05) is 6.54 Å². The molecule has 0 spiro atoms. The molecule has 118 valence electrons. The van der Waals surface area contributed by atoms with Crippen LogP contribution in [0.1, 0.15) is 31.9 Å². The van der Waals surface area contributed by atoms with Gasteiger partial charge in [-0.15, -0.1) is 0 Å². The van der Waals surface area contributed by atoms with Gasteiger partial charge in [-0.1, -0.05) is 24.7 Å². The van der Waals surface area contributed by atoms with Gasteiger partial charge in [-0.25, -0.2) is 8.42 Å². The van der Waals surface area contributed by atoms with Gasteiger partial charge in [0.15, 0.2) is 4.21 Å². The van der Waals surface area contributed by atoms with Gasteiger partial charge in [0.1, 0.15) is 6.04 Å². The highest BCUT2D eigenvalue weighted by molar-refractivity contribution is 7.91. The minimum Gasteiger partial charge on any atom is -0.480 e. The van der Waals surface area contributed by atoms with Gasteiger partial charge in [0.05, 0.1) is 0 Å². The molecule has 2 N–H and O–H groups in total. The number of piperidine rings is 1. The first-order valence-electron chi connectivity index (χ1n) is 6.71. The average molecular weight is 334 g/mol. The van der Waals surface area contributed by atoms with Gasteiger partial charge in [-0.2, -0.15) is 4.31 Å². The molecule has 1 fully saturated rings. The number of aryl methyl sites for hydroxylation is 1. The van der Waals surface area contributed by atoms with Crippen molar-refractivity contribution in [2.24, 2.45) is 5.92 Å². The van der Waals surface area contributed by atoms with E-state index in [1.54, 1.807) is 0 Å². The molecule has 2 rings (SSSR count). The monoisotopic (exact) mass is 334 g/mol. The van der Waals surface area contributed by atoms with E-state index in [-0.39, 0.29) is 22.4 Å². The van der Waals surface area contributed by atoms with Crippen molar-refractivity contribution >= 4 is 27.3 Å². The quantitative estimate of drug-likeness (QED) is 0.854. The van der Waals surface area contributed by atoms with Crippen molar-refractivity contribution in [1.82, 2.24) is 9.29 Å². The van der Waals surface area contributed by atoms with Gasteiger partial charge in [0, 0.05) is 12.2 Å². The predicted molar refractivity (Wildman–Crippen MR) is 78.0 cm³/mol. The summed E-state index contributed by atoms with van der Waals surface area (Å²) in [5.74, 6) is -0.930. The summed E-state index contributed by atoms with van der Waals surface area (Å²) in [5.41, 5.74) is 0.256. The smallest absolute Gasteiger partial charge is 0.322 e. The fourth-order valence-electron chi connectivity index (χ4n) is 2.64. The number of nitrogens with one attached hydrogen (secondary N) is 1. The topological polar surface area (TPSA) is 108 Å². The van der Waals surface area contributed by atoms with Gasteiger partial charge in [-0.3, -0.25) is 9.59 Å². The molecule has 1 aromatic rings. The van der Waals surface area contributed by atoms with Gasteiger partial charge >= 0.3 is 10.8 Å². The molecule has 0 aliphatic carbocycles. The maximum atomic E-state index is 12.6. The number of carboxylic acids is 1. The summed E-state index contributed by atoms with van der Waals surface area (Å²) in [5, 5.41) is 9.33. The van der Waals surface area contributed by atoms with Crippen LogP contribution in [0.4, 0.5) is 0 Å². The fourth-order valence-corrected chi connectivity index (χ4v) is 5.66. The van der Waals surface area contributed by atoms with E-state index in [4.69, 9.17) is 0 Å². The first kappa shape index (κ1) is 16.2. The van der Waals surface area contributed by atoms with E-state index in [0.29, 0.717) is 24.2 Å². The second kappa shape index (κ2) is 5.90. The number of hydrogen-bond donors (Lipinski definition) is 2. The van der Waals surface area contributed by atoms with Crippen molar-refractivity contribution in [2.45, 2.75) is 43.4 Å². The number of carbonyl (C=O) groups is 1. The summed E-state index contributed by atoms with van der Waals surface area (Å²) in [6.07, 6.45) is 1.77. The standard InChI is InChI=1S/C12H18N2O5S2/c1-3-8-4-5-14(9(6-8)10(15)16)21(18,19)11-7(2)13-12(17)20-11/h8-9H,3-6H2,1-2H3,(H,13,17)(H,15,16). The van der Waals surface area contributed by atoms with Gasteiger partial charge in [-0.05, 0) is 25.7 Å². The molecule has 1 saturated heterocycles. The maximum absolute atomic E-state index is 12.6. The molecule has 0 aromatic carbocycles. The van der Waals surface area contributed by atoms with Crippen LogP contribution in [-0.2, 0) is 14.8 Å². The van der Waals surface area contributed by atoms with E-state index in [0.717, 1.165) is 10.7 Å². The zero-order chi connectivity index (χ0) is 15.8. The third kappa shape index (κ3) is 3.04. The molecule has 1 aliphatic heterocycles. The van der Waals surface area contributed by atoms with Crippen LogP contribution in [0.15, 0.2) is 9.00 Å². The van der Waals surface area contributed by atoms with E-state index in [1.807, 2.05) is 6.92 Å². The number of nitrogens with zero attached hydrogens (tertiary/aromatic N) is 1. The summed E-state index contributed by atoms with van der Waals surface area (Å²) >= 11 is 0.602. The zero-order valence-electron chi connectivity index (χ0n) is 11.8. The second-order valence-corrected chi connectivity index (χ2v) is 8.26. The second-order valence-electron chi connectivity index (χ2n) is 5.20. The van der Waals surface area contributed by atoms with E-state index in [1.165, 1.54) is 6.92 Å². The largest absolute Gasteiger partial charge is 0.480 e. The zero-order valence-corrected chi connectivity index (χ0v) is 13.5. The molecular weight excluding hydrogens is 316 g/mol. The molecule has 1 aromatic heterocycles. The van der Waals surface area contributed by atoms with Crippen LogP contribution in [0, 0.1) is 12.8 Å². The van der Waals surface area contributed by atoms with Crippen LogP contribution in [0.3, 0.4) is 0 Å². The van der Waals surface area contributed by atoms with E-state index in [2.05, 4.69) is 4.98 Å². The Bertz CT molecular complexity index is 691. The Morgan fingerprint density at radius 1 is 1.52 bits per heavy atom. The SMILES string of the molecule is CCC1CCN(S(=O)(=O)c2sc(=O)[nH]c2C)C(C(=O)O)C1. The minimum absolute atomic E-state index is 0.0892. The van der Waals surface area contributed by atoms with Gasteiger partial charge < -0.3 is 10.1 Å². The van der Waals surface area contributed by atoms with E-state index < -0.39 is 26.9 Å². The lowest BCUT2D eigenvalue weighted by Crippen LogP contribution is -2.49. The maximum Gasteiger partial charge on any atom is 0.322 e. The molecule has 2 unspecified atom stereocenters. The molecule has 0 radical (unpaired) electrons. The summed E-state index contributed by atoms with van der Waals surface area (Å²) in [7, 11) is -3.96. The number of aromatic nitrogens is 1. The van der Waals surface area contributed by atoms with Crippen molar-refractivity contribution in [1.29, 1.82) is 0 Å². The normalized spacial score (nSPS) is 24.1. The Kier molecular flexibility index (Phi) is 4.54. The lowest BCUT2D eigenvalue weighted by atomic mass is 9.90. The van der Waals surface area contributed by atoms with Crippen LogP contribution >= 0.6 is 11.3 Å². The Morgan fingerprint density at radius 3 is 2.67 bits per heavy atom. The molecule has 0 amide bonds. The summed E-state index contributed by atoms with van der Waals surface area (Å²) in [6, 6.07) is -1.06. The number of thiazole rings is 1.